The van der Waals surface area contributed by atoms with Gasteiger partial charge in [-0.25, -0.2) is 4.39 Å². The lowest BCUT2D eigenvalue weighted by molar-refractivity contribution is 0.0996. The zero-order chi connectivity index (χ0) is 13.9. The summed E-state index contributed by atoms with van der Waals surface area (Å²) >= 11 is 0. The summed E-state index contributed by atoms with van der Waals surface area (Å²) in [6.45, 7) is 2.14. The molecule has 0 unspecified atom stereocenters. The van der Waals surface area contributed by atoms with Gasteiger partial charge in [0.2, 0.25) is 0 Å². The Hall–Kier alpha value is -1.46. The van der Waals surface area contributed by atoms with E-state index in [1.54, 1.807) is 13.0 Å². The molecule has 0 aromatic heterocycles. The van der Waals surface area contributed by atoms with Crippen molar-refractivity contribution in [3.05, 3.63) is 34.6 Å². The minimum absolute atomic E-state index is 0.0644. The molecule has 0 saturated carbocycles. The fourth-order valence-electron chi connectivity index (χ4n) is 1.87. The molecule has 0 spiro atoms. The lowest BCUT2D eigenvalue weighted by Gasteiger charge is -2.23. The van der Waals surface area contributed by atoms with Crippen LogP contribution in [0.1, 0.15) is 21.5 Å². The van der Waals surface area contributed by atoms with Crippen LogP contribution in [-0.2, 0) is 6.42 Å². The second kappa shape index (κ2) is 5.93. The highest BCUT2D eigenvalue weighted by Gasteiger charge is 2.17. The maximum absolute atomic E-state index is 13.9. The molecule has 1 amide bonds. The smallest absolute Gasteiger partial charge is 0.251 e. The normalized spacial score (nSPS) is 12.8. The average molecular weight is 253 g/mol. The lowest BCUT2D eigenvalue weighted by Crippen LogP contribution is -2.37. The summed E-state index contributed by atoms with van der Waals surface area (Å²) in [7, 11) is 3.86. The van der Waals surface area contributed by atoms with Crippen molar-refractivity contribution in [2.45, 2.75) is 19.4 Å². The van der Waals surface area contributed by atoms with Gasteiger partial charge < -0.3 is 16.4 Å². The Balaban J connectivity index is 3.05. The van der Waals surface area contributed by atoms with Crippen molar-refractivity contribution < 1.29 is 9.18 Å². The van der Waals surface area contributed by atoms with E-state index in [1.807, 2.05) is 19.0 Å². The fraction of sp³-hybridized carbons (Fsp3) is 0.462. The highest BCUT2D eigenvalue weighted by Crippen LogP contribution is 2.19. The number of carbonyl (C=O) groups is 1. The van der Waals surface area contributed by atoms with Gasteiger partial charge in [-0.1, -0.05) is 6.07 Å². The van der Waals surface area contributed by atoms with Gasteiger partial charge in [0.1, 0.15) is 5.82 Å². The van der Waals surface area contributed by atoms with Crippen LogP contribution in [0, 0.1) is 12.7 Å². The Kier molecular flexibility index (Phi) is 4.81. The van der Waals surface area contributed by atoms with E-state index < -0.39 is 11.7 Å². The van der Waals surface area contributed by atoms with Crippen LogP contribution in [0.2, 0.25) is 0 Å². The molecule has 0 fully saturated rings. The van der Waals surface area contributed by atoms with Crippen molar-refractivity contribution in [1.29, 1.82) is 0 Å². The van der Waals surface area contributed by atoms with Crippen LogP contribution in [0.4, 0.5) is 4.39 Å². The van der Waals surface area contributed by atoms with Gasteiger partial charge in [-0.2, -0.15) is 0 Å². The predicted octanol–water partition coefficient (Wildman–Crippen LogP) is 0.664. The molecule has 4 nitrogen and oxygen atoms in total. The molecule has 1 aromatic rings. The number of rotatable bonds is 5. The SMILES string of the molecule is Cc1c(C[C@@H](CN)N(C)C)ccc(C(N)=O)c1F. The first kappa shape index (κ1) is 14.6. The predicted molar refractivity (Wildman–Crippen MR) is 69.9 cm³/mol. The third-order valence-corrected chi connectivity index (χ3v) is 3.22. The number of halogens is 1. The molecule has 0 aliphatic rings. The van der Waals surface area contributed by atoms with Gasteiger partial charge >= 0.3 is 0 Å². The van der Waals surface area contributed by atoms with E-state index in [1.165, 1.54) is 6.07 Å². The molecule has 0 heterocycles. The quantitative estimate of drug-likeness (QED) is 0.810. The lowest BCUT2D eigenvalue weighted by atomic mass is 9.97. The summed E-state index contributed by atoms with van der Waals surface area (Å²) in [5, 5.41) is 0. The maximum atomic E-state index is 13.9. The van der Waals surface area contributed by atoms with Gasteiger partial charge in [0.05, 0.1) is 5.56 Å². The molecule has 4 N–H and O–H groups in total. The van der Waals surface area contributed by atoms with Gasteiger partial charge in [0.25, 0.3) is 5.91 Å². The van der Waals surface area contributed by atoms with Crippen LogP contribution >= 0.6 is 0 Å². The van der Waals surface area contributed by atoms with Gasteiger partial charge in [-0.15, -0.1) is 0 Å². The topological polar surface area (TPSA) is 72.3 Å². The minimum atomic E-state index is -0.745. The van der Waals surface area contributed by atoms with E-state index in [-0.39, 0.29) is 11.6 Å². The van der Waals surface area contributed by atoms with E-state index in [0.29, 0.717) is 18.5 Å². The summed E-state index contributed by atoms with van der Waals surface area (Å²) in [6, 6.07) is 3.32. The molecule has 0 bridgehead atoms. The molecule has 100 valence electrons. The summed E-state index contributed by atoms with van der Waals surface area (Å²) in [6.07, 6.45) is 0.644. The zero-order valence-electron chi connectivity index (χ0n) is 11.0. The van der Waals surface area contributed by atoms with Gasteiger partial charge in [0.15, 0.2) is 0 Å². The number of primary amides is 1. The molecule has 1 aromatic carbocycles. The number of likely N-dealkylation sites (N-methyl/N-ethyl adjacent to an activating group) is 1. The fourth-order valence-corrected chi connectivity index (χ4v) is 1.87. The summed E-state index contributed by atoms with van der Waals surface area (Å²) in [5.41, 5.74) is 12.0. The van der Waals surface area contributed by atoms with Gasteiger partial charge in [0, 0.05) is 12.6 Å². The molecule has 0 saturated heterocycles. The van der Waals surface area contributed by atoms with Crippen LogP contribution in [0.3, 0.4) is 0 Å². The van der Waals surface area contributed by atoms with E-state index >= 15 is 0 Å². The number of carbonyl (C=O) groups excluding carboxylic acids is 1. The van der Waals surface area contributed by atoms with Crippen LogP contribution in [0.5, 0.6) is 0 Å². The Morgan fingerprint density at radius 2 is 2.06 bits per heavy atom. The number of nitrogens with zero attached hydrogens (tertiary/aromatic N) is 1. The third-order valence-electron chi connectivity index (χ3n) is 3.22. The van der Waals surface area contributed by atoms with E-state index in [2.05, 4.69) is 0 Å². The van der Waals surface area contributed by atoms with Crippen LogP contribution in [0.15, 0.2) is 12.1 Å². The zero-order valence-corrected chi connectivity index (χ0v) is 11.0. The molecule has 5 heteroatoms. The van der Waals surface area contributed by atoms with Crippen molar-refractivity contribution in [1.82, 2.24) is 4.90 Å². The van der Waals surface area contributed by atoms with Crippen molar-refractivity contribution in [3.8, 4) is 0 Å². The highest BCUT2D eigenvalue weighted by molar-refractivity contribution is 5.93. The molecule has 0 aliphatic carbocycles. The maximum Gasteiger partial charge on any atom is 0.251 e. The van der Waals surface area contributed by atoms with Crippen LogP contribution in [-0.4, -0.2) is 37.5 Å². The second-order valence-corrected chi connectivity index (χ2v) is 4.63. The minimum Gasteiger partial charge on any atom is -0.366 e. The molecule has 0 radical (unpaired) electrons. The first-order valence-corrected chi connectivity index (χ1v) is 5.82. The van der Waals surface area contributed by atoms with Crippen molar-refractivity contribution in [3.63, 3.8) is 0 Å². The third kappa shape index (κ3) is 3.05. The molecular formula is C13H20FN3O. The summed E-state index contributed by atoms with van der Waals surface area (Å²) in [4.78, 5) is 13.0. The molecule has 1 atom stereocenters. The van der Waals surface area contributed by atoms with Gasteiger partial charge in [-0.05, 0) is 44.6 Å². The highest BCUT2D eigenvalue weighted by atomic mass is 19.1. The van der Waals surface area contributed by atoms with Gasteiger partial charge in [-0.3, -0.25) is 4.79 Å². The molecule has 0 aliphatic heterocycles. The number of hydrogen-bond acceptors (Lipinski definition) is 3. The Morgan fingerprint density at radius 3 is 2.50 bits per heavy atom. The first-order chi connectivity index (χ1) is 8.38. The van der Waals surface area contributed by atoms with Crippen LogP contribution in [0.25, 0.3) is 0 Å². The molecule has 1 rings (SSSR count). The number of hydrogen-bond donors (Lipinski definition) is 2. The largest absolute Gasteiger partial charge is 0.366 e. The number of nitrogens with two attached hydrogens (primary N) is 2. The summed E-state index contributed by atoms with van der Waals surface area (Å²) in [5.74, 6) is -1.28. The number of benzene rings is 1. The Labute approximate surface area is 107 Å². The van der Waals surface area contributed by atoms with Crippen LogP contribution < -0.4 is 11.5 Å². The molecular weight excluding hydrogens is 233 g/mol. The second-order valence-electron chi connectivity index (χ2n) is 4.63. The van der Waals surface area contributed by atoms with Crippen molar-refractivity contribution in [2.24, 2.45) is 11.5 Å². The van der Waals surface area contributed by atoms with Crippen molar-refractivity contribution >= 4 is 5.91 Å². The standard InChI is InChI=1S/C13H20FN3O/c1-8-9(6-10(7-15)17(2)3)4-5-11(12(8)14)13(16)18/h4-5,10H,6-7,15H2,1-3H3,(H2,16,18)/t10-/m0/s1. The Bertz CT molecular complexity index is 446. The first-order valence-electron chi connectivity index (χ1n) is 5.82. The van der Waals surface area contributed by atoms with E-state index in [9.17, 15) is 9.18 Å². The number of amides is 1. The van der Waals surface area contributed by atoms with E-state index in [0.717, 1.165) is 5.56 Å². The molecule has 18 heavy (non-hydrogen) atoms. The van der Waals surface area contributed by atoms with Crippen molar-refractivity contribution in [2.75, 3.05) is 20.6 Å². The Morgan fingerprint density at radius 1 is 1.44 bits per heavy atom. The summed E-state index contributed by atoms with van der Waals surface area (Å²) < 4.78 is 13.9. The monoisotopic (exact) mass is 253 g/mol. The average Bonchev–Trinajstić information content (AvgIpc) is 2.30. The van der Waals surface area contributed by atoms with E-state index in [4.69, 9.17) is 11.5 Å².